The van der Waals surface area contributed by atoms with Crippen LogP contribution in [0.2, 0.25) is 0 Å². The molecule has 0 radical (unpaired) electrons. The standard InChI is InChI=1S/C24H30N2O2.ClH/c1-2-26-19-22(13-14-25-15-17-28-18-16-25)24(23(26)27,20-9-5-3-6-10-20)21-11-7-4-8-12-21;/h3-12,22H,2,13-19H2,1H3;1H. The SMILES string of the molecule is CCN1CC(CCN2CCOCC2)C(c2ccccc2)(c2ccccc2)C1=O.[Cl-].[H+]. The van der Waals surface area contributed by atoms with Gasteiger partial charge in [0.2, 0.25) is 5.91 Å². The lowest BCUT2D eigenvalue weighted by Crippen LogP contribution is -3.00. The Balaban J connectivity index is 0.00000160. The van der Waals surface area contributed by atoms with Crippen molar-refractivity contribution < 1.29 is 23.4 Å². The highest BCUT2D eigenvalue weighted by Crippen LogP contribution is 2.47. The lowest BCUT2D eigenvalue weighted by molar-refractivity contribution is -0.131. The Morgan fingerprint density at radius 1 is 1.00 bits per heavy atom. The fraction of sp³-hybridized carbons (Fsp3) is 0.458. The van der Waals surface area contributed by atoms with Crippen LogP contribution in [0.1, 0.15) is 25.9 Å². The van der Waals surface area contributed by atoms with Gasteiger partial charge < -0.3 is 22.0 Å². The third-order valence-electron chi connectivity index (χ3n) is 6.42. The van der Waals surface area contributed by atoms with Crippen LogP contribution in [0.25, 0.3) is 0 Å². The monoisotopic (exact) mass is 414 g/mol. The molecular weight excluding hydrogens is 384 g/mol. The average molecular weight is 415 g/mol. The highest BCUT2D eigenvalue weighted by Gasteiger charge is 2.55. The molecule has 2 aliphatic heterocycles. The first-order chi connectivity index (χ1) is 13.8. The van der Waals surface area contributed by atoms with Gasteiger partial charge in [-0.1, -0.05) is 60.7 Å². The van der Waals surface area contributed by atoms with Crippen molar-refractivity contribution >= 4 is 5.91 Å². The summed E-state index contributed by atoms with van der Waals surface area (Å²) in [6.07, 6.45) is 1.01. The number of amides is 1. The molecule has 1 atom stereocenters. The number of hydrogen-bond donors (Lipinski definition) is 0. The smallest absolute Gasteiger partial charge is 1.00 e. The lowest BCUT2D eigenvalue weighted by atomic mass is 9.66. The van der Waals surface area contributed by atoms with E-state index in [0.29, 0.717) is 0 Å². The highest BCUT2D eigenvalue weighted by atomic mass is 35.5. The van der Waals surface area contributed by atoms with Crippen molar-refractivity contribution in [2.75, 3.05) is 45.9 Å². The van der Waals surface area contributed by atoms with E-state index in [1.165, 1.54) is 0 Å². The van der Waals surface area contributed by atoms with E-state index in [0.717, 1.165) is 63.5 Å². The summed E-state index contributed by atoms with van der Waals surface area (Å²) < 4.78 is 5.50. The zero-order valence-electron chi connectivity index (χ0n) is 18.1. The minimum atomic E-state index is -0.592. The van der Waals surface area contributed by atoms with Crippen LogP contribution in [0, 0.1) is 5.92 Å². The molecule has 29 heavy (non-hydrogen) atoms. The zero-order chi connectivity index (χ0) is 19.4. The molecule has 0 spiro atoms. The Labute approximate surface area is 181 Å². The number of likely N-dealkylation sites (tertiary alicyclic amines) is 1. The van der Waals surface area contributed by atoms with Crippen LogP contribution < -0.4 is 12.4 Å². The van der Waals surface area contributed by atoms with Crippen molar-refractivity contribution in [1.82, 2.24) is 9.80 Å². The molecule has 0 saturated carbocycles. The molecule has 2 fully saturated rings. The molecule has 1 amide bonds. The second kappa shape index (κ2) is 9.75. The predicted octanol–water partition coefficient (Wildman–Crippen LogP) is 0.290. The van der Waals surface area contributed by atoms with E-state index >= 15 is 0 Å². The molecule has 4 rings (SSSR count). The Kier molecular flexibility index (Phi) is 7.33. The van der Waals surface area contributed by atoms with Gasteiger partial charge in [-0.05, 0) is 31.0 Å². The molecule has 2 aliphatic rings. The van der Waals surface area contributed by atoms with Gasteiger partial charge in [-0.2, -0.15) is 0 Å². The van der Waals surface area contributed by atoms with Crippen molar-refractivity contribution in [3.63, 3.8) is 0 Å². The van der Waals surface area contributed by atoms with Gasteiger partial charge in [-0.25, -0.2) is 0 Å². The molecule has 156 valence electrons. The van der Waals surface area contributed by atoms with E-state index in [2.05, 4.69) is 60.4 Å². The number of ether oxygens (including phenoxy) is 1. The third kappa shape index (κ3) is 4.07. The van der Waals surface area contributed by atoms with E-state index < -0.39 is 5.41 Å². The summed E-state index contributed by atoms with van der Waals surface area (Å²) >= 11 is 0. The lowest BCUT2D eigenvalue weighted by Gasteiger charge is -2.36. The highest BCUT2D eigenvalue weighted by molar-refractivity contribution is 5.94. The van der Waals surface area contributed by atoms with Gasteiger partial charge >= 0.3 is 1.43 Å². The summed E-state index contributed by atoms with van der Waals surface area (Å²) in [5, 5.41) is 0. The second-order valence-corrected chi connectivity index (χ2v) is 7.82. The maximum Gasteiger partial charge on any atom is 1.00 e. The van der Waals surface area contributed by atoms with E-state index in [-0.39, 0.29) is 25.7 Å². The van der Waals surface area contributed by atoms with E-state index in [4.69, 9.17) is 4.74 Å². The van der Waals surface area contributed by atoms with Crippen LogP contribution in [0.4, 0.5) is 0 Å². The number of likely N-dealkylation sites (N-methyl/N-ethyl adjacent to an activating group) is 1. The molecule has 0 N–H and O–H groups in total. The summed E-state index contributed by atoms with van der Waals surface area (Å²) in [5.74, 6) is 0.506. The van der Waals surface area contributed by atoms with E-state index in [1.54, 1.807) is 0 Å². The molecule has 4 nitrogen and oxygen atoms in total. The van der Waals surface area contributed by atoms with Crippen LogP contribution in [-0.4, -0.2) is 61.6 Å². The molecule has 2 aromatic rings. The minimum Gasteiger partial charge on any atom is -1.00 e. The fourth-order valence-electron chi connectivity index (χ4n) is 4.94. The van der Waals surface area contributed by atoms with Crippen LogP contribution in [-0.2, 0) is 14.9 Å². The second-order valence-electron chi connectivity index (χ2n) is 7.82. The first kappa shape index (κ1) is 21.8. The summed E-state index contributed by atoms with van der Waals surface area (Å²) in [6.45, 7) is 8.28. The van der Waals surface area contributed by atoms with Crippen molar-refractivity contribution in [2.24, 2.45) is 5.92 Å². The maximum atomic E-state index is 13.8. The number of nitrogens with zero attached hydrogens (tertiary/aromatic N) is 2. The summed E-state index contributed by atoms with van der Waals surface area (Å²) in [4.78, 5) is 18.3. The summed E-state index contributed by atoms with van der Waals surface area (Å²) in [5.41, 5.74) is 1.65. The fourth-order valence-corrected chi connectivity index (χ4v) is 4.94. The van der Waals surface area contributed by atoms with E-state index in [9.17, 15) is 4.79 Å². The van der Waals surface area contributed by atoms with Gasteiger partial charge in [0.15, 0.2) is 0 Å². The minimum absolute atomic E-state index is 0. The summed E-state index contributed by atoms with van der Waals surface area (Å²) in [6, 6.07) is 20.8. The molecular formula is C24H31ClN2O2. The van der Waals surface area contributed by atoms with Crippen LogP contribution in [0.5, 0.6) is 0 Å². The van der Waals surface area contributed by atoms with Gasteiger partial charge in [-0.3, -0.25) is 9.69 Å². The molecule has 2 heterocycles. The molecule has 0 bridgehead atoms. The number of carbonyl (C=O) groups is 1. The number of hydrogen-bond acceptors (Lipinski definition) is 3. The van der Waals surface area contributed by atoms with Gasteiger partial charge in [0, 0.05) is 32.1 Å². The summed E-state index contributed by atoms with van der Waals surface area (Å²) in [7, 11) is 0. The van der Waals surface area contributed by atoms with Crippen molar-refractivity contribution in [3.8, 4) is 0 Å². The van der Waals surface area contributed by atoms with Gasteiger partial charge in [0.05, 0.1) is 13.2 Å². The number of rotatable bonds is 6. The maximum absolute atomic E-state index is 13.8. The van der Waals surface area contributed by atoms with Crippen LogP contribution >= 0.6 is 0 Å². The number of morpholine rings is 1. The van der Waals surface area contributed by atoms with Gasteiger partial charge in [0.25, 0.3) is 0 Å². The largest absolute Gasteiger partial charge is 1.00 e. The average Bonchev–Trinajstić information content (AvgIpc) is 3.06. The molecule has 0 aliphatic carbocycles. The Hall–Kier alpha value is -1.88. The quantitative estimate of drug-likeness (QED) is 0.681. The predicted molar refractivity (Wildman–Crippen MR) is 112 cm³/mol. The van der Waals surface area contributed by atoms with Crippen LogP contribution in [0.3, 0.4) is 0 Å². The molecule has 0 aromatic heterocycles. The Morgan fingerprint density at radius 3 is 2.07 bits per heavy atom. The topological polar surface area (TPSA) is 32.8 Å². The van der Waals surface area contributed by atoms with Gasteiger partial charge in [-0.15, -0.1) is 0 Å². The van der Waals surface area contributed by atoms with Crippen molar-refractivity contribution in [2.45, 2.75) is 18.8 Å². The first-order valence-corrected chi connectivity index (χ1v) is 10.5. The first-order valence-electron chi connectivity index (χ1n) is 10.5. The molecule has 5 heteroatoms. The third-order valence-corrected chi connectivity index (χ3v) is 6.42. The normalized spacial score (nSPS) is 21.8. The van der Waals surface area contributed by atoms with Crippen molar-refractivity contribution in [3.05, 3.63) is 71.8 Å². The van der Waals surface area contributed by atoms with Gasteiger partial charge in [0.1, 0.15) is 5.41 Å². The number of benzene rings is 2. The molecule has 2 aromatic carbocycles. The molecule has 2 saturated heterocycles. The Morgan fingerprint density at radius 2 is 1.55 bits per heavy atom. The van der Waals surface area contributed by atoms with E-state index in [1.807, 2.05) is 17.0 Å². The number of carbonyl (C=O) groups excluding carboxylic acids is 1. The molecule has 1 unspecified atom stereocenters. The zero-order valence-corrected chi connectivity index (χ0v) is 17.9. The Bertz CT molecular complexity index is 745. The van der Waals surface area contributed by atoms with Crippen molar-refractivity contribution in [1.29, 1.82) is 0 Å². The number of halogens is 1. The van der Waals surface area contributed by atoms with Crippen LogP contribution in [0.15, 0.2) is 60.7 Å².